The van der Waals surface area contributed by atoms with E-state index >= 15 is 0 Å². The summed E-state index contributed by atoms with van der Waals surface area (Å²) in [6.45, 7) is 2.21. The Labute approximate surface area is 110 Å². The van der Waals surface area contributed by atoms with Crippen LogP contribution >= 0.6 is 15.9 Å². The first kappa shape index (κ1) is 12.7. The zero-order valence-electron chi connectivity index (χ0n) is 10.3. The molecule has 0 aromatic carbocycles. The van der Waals surface area contributed by atoms with Crippen LogP contribution in [-0.2, 0) is 7.05 Å². The van der Waals surface area contributed by atoms with E-state index in [1.807, 2.05) is 0 Å². The number of hydrogen-bond acceptors (Lipinski definition) is 3. The minimum Gasteiger partial charge on any atom is -0.292 e. The van der Waals surface area contributed by atoms with Crippen LogP contribution in [0.4, 0.5) is 0 Å². The summed E-state index contributed by atoms with van der Waals surface area (Å²) in [4.78, 5) is 12.4. The van der Waals surface area contributed by atoms with Gasteiger partial charge in [-0.25, -0.2) is 4.68 Å². The van der Waals surface area contributed by atoms with Gasteiger partial charge in [0, 0.05) is 13.0 Å². The standard InChI is InChI=1S/C12H18BrN3O/c1-3-8-5-4-6-9(7-8)11(17)10-12(13)14-15-16(10)2/h8-9H,3-7H2,1-2H3. The molecule has 94 valence electrons. The van der Waals surface area contributed by atoms with Gasteiger partial charge in [0.2, 0.25) is 0 Å². The molecule has 2 rings (SSSR count). The monoisotopic (exact) mass is 299 g/mol. The zero-order chi connectivity index (χ0) is 12.4. The fraction of sp³-hybridized carbons (Fsp3) is 0.750. The molecule has 1 aromatic heterocycles. The van der Waals surface area contributed by atoms with Crippen molar-refractivity contribution in [2.45, 2.75) is 39.0 Å². The Kier molecular flexibility index (Phi) is 3.97. The molecule has 1 fully saturated rings. The number of hydrogen-bond donors (Lipinski definition) is 0. The molecule has 0 bridgehead atoms. The lowest BCUT2D eigenvalue weighted by atomic mass is 9.78. The van der Waals surface area contributed by atoms with Crippen LogP contribution in [-0.4, -0.2) is 20.8 Å². The fourth-order valence-corrected chi connectivity index (χ4v) is 3.21. The van der Waals surface area contributed by atoms with Crippen molar-refractivity contribution in [1.82, 2.24) is 15.0 Å². The number of rotatable bonds is 3. The predicted octanol–water partition coefficient (Wildman–Crippen LogP) is 2.98. The number of Topliss-reactive ketones (excluding diaryl/α,β-unsaturated/α-hetero) is 1. The molecule has 1 aliphatic rings. The molecule has 0 amide bonds. The molecule has 1 saturated carbocycles. The van der Waals surface area contributed by atoms with Crippen molar-refractivity contribution in [3.05, 3.63) is 10.3 Å². The summed E-state index contributed by atoms with van der Waals surface area (Å²) in [6, 6.07) is 0. The van der Waals surface area contributed by atoms with Crippen LogP contribution in [0.25, 0.3) is 0 Å². The average Bonchev–Trinajstić information content (AvgIpc) is 2.68. The lowest BCUT2D eigenvalue weighted by Crippen LogP contribution is -2.24. The Bertz CT molecular complexity index is 396. The molecule has 0 radical (unpaired) electrons. The maximum Gasteiger partial charge on any atom is 0.186 e. The minimum absolute atomic E-state index is 0.155. The maximum absolute atomic E-state index is 12.4. The van der Waals surface area contributed by atoms with Gasteiger partial charge in [0.15, 0.2) is 10.4 Å². The van der Waals surface area contributed by atoms with Crippen molar-refractivity contribution < 1.29 is 4.79 Å². The van der Waals surface area contributed by atoms with Crippen molar-refractivity contribution >= 4 is 21.7 Å². The molecular formula is C12H18BrN3O. The number of aryl methyl sites for hydroxylation is 1. The van der Waals surface area contributed by atoms with Crippen LogP contribution < -0.4 is 0 Å². The molecule has 1 heterocycles. The van der Waals surface area contributed by atoms with E-state index in [1.165, 1.54) is 12.8 Å². The van der Waals surface area contributed by atoms with E-state index in [0.29, 0.717) is 16.2 Å². The third-order valence-electron chi connectivity index (χ3n) is 3.75. The molecule has 2 unspecified atom stereocenters. The summed E-state index contributed by atoms with van der Waals surface area (Å²) >= 11 is 3.30. The number of carbonyl (C=O) groups is 1. The second-order valence-electron chi connectivity index (χ2n) is 4.85. The van der Waals surface area contributed by atoms with Crippen LogP contribution in [0.15, 0.2) is 4.60 Å². The SMILES string of the molecule is CCC1CCCC(C(=O)c2c(Br)nnn2C)C1. The van der Waals surface area contributed by atoms with Gasteiger partial charge in [-0.3, -0.25) is 4.79 Å². The summed E-state index contributed by atoms with van der Waals surface area (Å²) in [5.74, 6) is 1.06. The van der Waals surface area contributed by atoms with Gasteiger partial charge in [-0.15, -0.1) is 5.10 Å². The third-order valence-corrected chi connectivity index (χ3v) is 4.28. The van der Waals surface area contributed by atoms with Crippen molar-refractivity contribution in [2.75, 3.05) is 0 Å². The lowest BCUT2D eigenvalue weighted by Gasteiger charge is -2.27. The molecule has 0 spiro atoms. The maximum atomic E-state index is 12.4. The molecule has 1 aliphatic carbocycles. The molecule has 4 nitrogen and oxygen atoms in total. The smallest absolute Gasteiger partial charge is 0.186 e. The summed E-state index contributed by atoms with van der Waals surface area (Å²) in [5.41, 5.74) is 0.617. The molecule has 1 aromatic rings. The molecular weight excluding hydrogens is 282 g/mol. The van der Waals surface area contributed by atoms with E-state index in [4.69, 9.17) is 0 Å². The van der Waals surface area contributed by atoms with E-state index < -0.39 is 0 Å². The number of nitrogens with zero attached hydrogens (tertiary/aromatic N) is 3. The highest BCUT2D eigenvalue weighted by Crippen LogP contribution is 2.33. The Morgan fingerprint density at radius 1 is 1.53 bits per heavy atom. The summed E-state index contributed by atoms with van der Waals surface area (Å²) < 4.78 is 2.14. The molecule has 0 saturated heterocycles. The van der Waals surface area contributed by atoms with Gasteiger partial charge in [0.25, 0.3) is 0 Å². The lowest BCUT2D eigenvalue weighted by molar-refractivity contribution is 0.0851. The van der Waals surface area contributed by atoms with Crippen LogP contribution in [0.5, 0.6) is 0 Å². The van der Waals surface area contributed by atoms with Gasteiger partial charge in [0.1, 0.15) is 5.69 Å². The Morgan fingerprint density at radius 3 is 2.88 bits per heavy atom. The molecule has 5 heteroatoms. The van der Waals surface area contributed by atoms with Crippen molar-refractivity contribution in [3.8, 4) is 0 Å². The normalized spacial score (nSPS) is 24.9. The average molecular weight is 300 g/mol. The molecule has 0 aliphatic heterocycles. The third kappa shape index (κ3) is 2.59. The van der Waals surface area contributed by atoms with E-state index in [2.05, 4.69) is 33.2 Å². The second kappa shape index (κ2) is 5.29. The van der Waals surface area contributed by atoms with E-state index in [-0.39, 0.29) is 11.7 Å². The number of ketones is 1. The summed E-state index contributed by atoms with van der Waals surface area (Å²) in [6.07, 6.45) is 5.64. The highest BCUT2D eigenvalue weighted by Gasteiger charge is 2.30. The Morgan fingerprint density at radius 2 is 2.29 bits per heavy atom. The van der Waals surface area contributed by atoms with Crippen LogP contribution in [0, 0.1) is 11.8 Å². The highest BCUT2D eigenvalue weighted by atomic mass is 79.9. The number of halogens is 1. The number of aromatic nitrogens is 3. The van der Waals surface area contributed by atoms with Crippen LogP contribution in [0.2, 0.25) is 0 Å². The van der Waals surface area contributed by atoms with E-state index in [0.717, 1.165) is 19.3 Å². The van der Waals surface area contributed by atoms with Crippen LogP contribution in [0.3, 0.4) is 0 Å². The molecule has 2 atom stereocenters. The van der Waals surface area contributed by atoms with Crippen LogP contribution in [0.1, 0.15) is 49.5 Å². The Hall–Kier alpha value is -0.710. The number of carbonyl (C=O) groups excluding carboxylic acids is 1. The molecule has 17 heavy (non-hydrogen) atoms. The van der Waals surface area contributed by atoms with Gasteiger partial charge in [-0.05, 0) is 34.7 Å². The van der Waals surface area contributed by atoms with Gasteiger partial charge < -0.3 is 0 Å². The van der Waals surface area contributed by atoms with Gasteiger partial charge in [-0.2, -0.15) is 0 Å². The van der Waals surface area contributed by atoms with Crippen molar-refractivity contribution in [3.63, 3.8) is 0 Å². The summed E-state index contributed by atoms with van der Waals surface area (Å²) in [5, 5.41) is 7.75. The zero-order valence-corrected chi connectivity index (χ0v) is 11.9. The first-order valence-electron chi connectivity index (χ1n) is 6.22. The Balaban J connectivity index is 2.15. The highest BCUT2D eigenvalue weighted by molar-refractivity contribution is 9.10. The molecule has 0 N–H and O–H groups in total. The predicted molar refractivity (Wildman–Crippen MR) is 68.8 cm³/mol. The van der Waals surface area contributed by atoms with Gasteiger partial charge in [0.05, 0.1) is 0 Å². The first-order chi connectivity index (χ1) is 8.13. The fourth-order valence-electron chi connectivity index (χ4n) is 2.69. The van der Waals surface area contributed by atoms with Gasteiger partial charge in [-0.1, -0.05) is 31.4 Å². The quantitative estimate of drug-likeness (QED) is 0.806. The van der Waals surface area contributed by atoms with Gasteiger partial charge >= 0.3 is 0 Å². The van der Waals surface area contributed by atoms with E-state index in [9.17, 15) is 4.79 Å². The first-order valence-corrected chi connectivity index (χ1v) is 7.02. The minimum atomic E-state index is 0.155. The van der Waals surface area contributed by atoms with E-state index in [1.54, 1.807) is 11.7 Å². The largest absolute Gasteiger partial charge is 0.292 e. The second-order valence-corrected chi connectivity index (χ2v) is 5.61. The van der Waals surface area contributed by atoms with Crippen molar-refractivity contribution in [1.29, 1.82) is 0 Å². The summed E-state index contributed by atoms with van der Waals surface area (Å²) in [7, 11) is 1.77. The van der Waals surface area contributed by atoms with Crippen molar-refractivity contribution in [2.24, 2.45) is 18.9 Å². The topological polar surface area (TPSA) is 47.8 Å².